The summed E-state index contributed by atoms with van der Waals surface area (Å²) in [6.45, 7) is 2.43. The van der Waals surface area contributed by atoms with E-state index in [4.69, 9.17) is 16.3 Å². The minimum Gasteiger partial charge on any atom is -0.453 e. The number of carbonyl (C=O) groups is 2. The number of ether oxygens (including phenoxy) is 1. The van der Waals surface area contributed by atoms with Gasteiger partial charge in [-0.3, -0.25) is 4.79 Å². The van der Waals surface area contributed by atoms with Gasteiger partial charge >= 0.3 is 6.09 Å². The van der Waals surface area contributed by atoms with Crippen LogP contribution in [0.1, 0.15) is 41.5 Å². The molecule has 0 aliphatic carbocycles. The van der Waals surface area contributed by atoms with Crippen molar-refractivity contribution in [3.63, 3.8) is 0 Å². The Hall–Kier alpha value is -4.30. The second kappa shape index (κ2) is 16.4. The molecule has 51 heavy (non-hydrogen) atoms. The van der Waals surface area contributed by atoms with Gasteiger partial charge < -0.3 is 15.4 Å². The molecule has 4 aromatic rings. The highest BCUT2D eigenvalue weighted by Gasteiger charge is 2.39. The molecule has 0 saturated carbocycles. The number of methoxy groups -OCH3 is 1. The zero-order chi connectivity index (χ0) is 36.9. The standard InChI is InChI=1S/C37H36ClF4N3O5S/c1-22-20-43-21-29(45(22)51(48,49)34-9-4-3-7-31(34)38)14-15-30-24(6-5-8-32(30)42)18-33(46)36(44-37(47)50-2)35(23-10-12-26(39)13-11-23)25-16-27(40)19-28(41)17-25/h3-13,16-17,19,22,29,35-36,43H,14-15,18,20-21H2,1-2H3,(H,44,47)/t22-,29-,35-,36+/m0/s1. The van der Waals surface area contributed by atoms with Gasteiger partial charge in [0.05, 0.1) is 12.1 Å². The molecule has 0 aromatic heterocycles. The SMILES string of the molecule is COC(=O)N[C@H](C(=O)Cc1cccc(F)c1CC[C@H]1CNC[C@H](C)N1S(=O)(=O)c1ccccc1Cl)[C@@H](c1ccc(F)cc1)c1cc(F)cc(F)c1. The number of amides is 1. The first kappa shape index (κ1) is 37.9. The van der Waals surface area contributed by atoms with E-state index in [1.54, 1.807) is 25.1 Å². The Kier molecular flexibility index (Phi) is 12.2. The minimum absolute atomic E-state index is 0.0212. The van der Waals surface area contributed by atoms with E-state index in [-0.39, 0.29) is 51.6 Å². The first-order valence-electron chi connectivity index (χ1n) is 16.1. The Morgan fingerprint density at radius 1 is 0.922 bits per heavy atom. The Balaban J connectivity index is 1.47. The molecular formula is C37H36ClF4N3O5S. The topological polar surface area (TPSA) is 105 Å². The van der Waals surface area contributed by atoms with Crippen molar-refractivity contribution in [3.05, 3.63) is 135 Å². The van der Waals surface area contributed by atoms with Crippen LogP contribution in [0.5, 0.6) is 0 Å². The predicted octanol–water partition coefficient (Wildman–Crippen LogP) is 6.55. The van der Waals surface area contributed by atoms with Crippen LogP contribution < -0.4 is 10.6 Å². The van der Waals surface area contributed by atoms with Gasteiger partial charge in [-0.2, -0.15) is 4.31 Å². The fraction of sp³-hybridized carbons (Fsp3) is 0.297. The van der Waals surface area contributed by atoms with Crippen LogP contribution in [0, 0.1) is 23.3 Å². The van der Waals surface area contributed by atoms with Crippen molar-refractivity contribution in [3.8, 4) is 0 Å². The molecule has 0 spiro atoms. The fourth-order valence-electron chi connectivity index (χ4n) is 6.62. The number of hydrogen-bond acceptors (Lipinski definition) is 6. The van der Waals surface area contributed by atoms with Crippen molar-refractivity contribution in [2.75, 3.05) is 20.2 Å². The lowest BCUT2D eigenvalue weighted by Crippen LogP contribution is -2.58. The summed E-state index contributed by atoms with van der Waals surface area (Å²) < 4.78 is 92.4. The molecule has 4 atom stereocenters. The molecule has 0 unspecified atom stereocenters. The van der Waals surface area contributed by atoms with Crippen molar-refractivity contribution in [2.45, 2.75) is 55.1 Å². The third-order valence-corrected chi connectivity index (χ3v) is 11.5. The molecule has 2 N–H and O–H groups in total. The maximum absolute atomic E-state index is 15.6. The molecule has 0 bridgehead atoms. The lowest BCUT2D eigenvalue weighted by Gasteiger charge is -2.40. The monoisotopic (exact) mass is 745 g/mol. The molecular weight excluding hydrogens is 710 g/mol. The summed E-state index contributed by atoms with van der Waals surface area (Å²) in [5.41, 5.74) is 0.657. The quantitative estimate of drug-likeness (QED) is 0.160. The van der Waals surface area contributed by atoms with E-state index >= 15 is 4.39 Å². The molecule has 8 nitrogen and oxygen atoms in total. The van der Waals surface area contributed by atoms with E-state index < -0.39 is 75.6 Å². The lowest BCUT2D eigenvalue weighted by atomic mass is 9.81. The molecule has 1 amide bonds. The van der Waals surface area contributed by atoms with Crippen molar-refractivity contribution in [1.29, 1.82) is 0 Å². The Morgan fingerprint density at radius 2 is 1.61 bits per heavy atom. The van der Waals surface area contributed by atoms with E-state index in [9.17, 15) is 31.2 Å². The van der Waals surface area contributed by atoms with Crippen molar-refractivity contribution < 1.29 is 40.3 Å². The number of Topliss-reactive ketones (excluding diaryl/α,β-unsaturated/α-hetero) is 1. The smallest absolute Gasteiger partial charge is 0.407 e. The summed E-state index contributed by atoms with van der Waals surface area (Å²) in [7, 11) is -2.97. The van der Waals surface area contributed by atoms with Gasteiger partial charge in [0.25, 0.3) is 0 Å². The van der Waals surface area contributed by atoms with Crippen molar-refractivity contribution in [1.82, 2.24) is 14.9 Å². The Bertz CT molecular complexity index is 1980. The molecule has 1 aliphatic rings. The molecule has 1 fully saturated rings. The summed E-state index contributed by atoms with van der Waals surface area (Å²) >= 11 is 6.28. The zero-order valence-electron chi connectivity index (χ0n) is 27.7. The third-order valence-electron chi connectivity index (χ3n) is 8.93. The number of ketones is 1. The molecule has 14 heteroatoms. The number of halogens is 5. The van der Waals surface area contributed by atoms with Crippen molar-refractivity contribution in [2.24, 2.45) is 0 Å². The molecule has 4 aromatic carbocycles. The highest BCUT2D eigenvalue weighted by molar-refractivity contribution is 7.89. The average molecular weight is 746 g/mol. The van der Waals surface area contributed by atoms with Crippen LogP contribution in [0.2, 0.25) is 5.02 Å². The van der Waals surface area contributed by atoms with E-state index in [0.29, 0.717) is 12.6 Å². The largest absolute Gasteiger partial charge is 0.453 e. The predicted molar refractivity (Wildman–Crippen MR) is 184 cm³/mol. The maximum atomic E-state index is 15.6. The summed E-state index contributed by atoms with van der Waals surface area (Å²) in [5, 5.41) is 5.77. The minimum atomic E-state index is -4.05. The number of piperazine rings is 1. The number of hydrogen-bond donors (Lipinski definition) is 2. The van der Waals surface area contributed by atoms with E-state index in [0.717, 1.165) is 31.4 Å². The average Bonchev–Trinajstić information content (AvgIpc) is 3.08. The van der Waals surface area contributed by atoms with E-state index in [1.165, 1.54) is 40.7 Å². The number of nitrogens with zero attached hydrogens (tertiary/aromatic N) is 1. The van der Waals surface area contributed by atoms with Crippen LogP contribution in [-0.4, -0.2) is 62.9 Å². The van der Waals surface area contributed by atoms with Crippen molar-refractivity contribution >= 4 is 33.5 Å². The first-order valence-corrected chi connectivity index (χ1v) is 18.0. The van der Waals surface area contributed by atoms with Gasteiger partial charge in [-0.05, 0) is 84.5 Å². The number of benzene rings is 4. The molecule has 1 saturated heterocycles. The third kappa shape index (κ3) is 8.78. The first-order chi connectivity index (χ1) is 24.3. The number of alkyl carbamates (subject to hydrolysis) is 1. The van der Waals surface area contributed by atoms with Gasteiger partial charge in [0.2, 0.25) is 10.0 Å². The number of rotatable bonds is 12. The Morgan fingerprint density at radius 3 is 2.27 bits per heavy atom. The van der Waals surface area contributed by atoms with Gasteiger partial charge in [0.15, 0.2) is 5.78 Å². The number of carbonyl (C=O) groups excluding carboxylic acids is 2. The second-order valence-electron chi connectivity index (χ2n) is 12.3. The molecule has 5 rings (SSSR count). The molecule has 1 aliphatic heterocycles. The zero-order valence-corrected chi connectivity index (χ0v) is 29.3. The number of sulfonamides is 1. The fourth-order valence-corrected chi connectivity index (χ4v) is 8.97. The van der Waals surface area contributed by atoms with Gasteiger partial charge in [-0.25, -0.2) is 30.8 Å². The molecule has 270 valence electrons. The lowest BCUT2D eigenvalue weighted by molar-refractivity contribution is -0.120. The van der Waals surface area contributed by atoms with Gasteiger partial charge in [-0.15, -0.1) is 0 Å². The Labute approximate surface area is 298 Å². The molecule has 1 heterocycles. The summed E-state index contributed by atoms with van der Waals surface area (Å²) in [6.07, 6.45) is -1.24. The van der Waals surface area contributed by atoms with Gasteiger partial charge in [0.1, 0.15) is 34.2 Å². The van der Waals surface area contributed by atoms with Gasteiger partial charge in [-0.1, -0.05) is 48.0 Å². The summed E-state index contributed by atoms with van der Waals surface area (Å²) in [4.78, 5) is 26.7. The highest BCUT2D eigenvalue weighted by Crippen LogP contribution is 2.33. The molecule has 0 radical (unpaired) electrons. The van der Waals surface area contributed by atoms with E-state index in [2.05, 4.69) is 10.6 Å². The summed E-state index contributed by atoms with van der Waals surface area (Å²) in [6, 6.07) is 15.3. The van der Waals surface area contributed by atoms with Crippen LogP contribution in [0.25, 0.3) is 0 Å². The summed E-state index contributed by atoms with van der Waals surface area (Å²) in [5.74, 6) is -4.98. The van der Waals surface area contributed by atoms with Crippen LogP contribution in [0.4, 0.5) is 22.4 Å². The second-order valence-corrected chi connectivity index (χ2v) is 14.6. The van der Waals surface area contributed by atoms with Crippen LogP contribution in [0.3, 0.4) is 0 Å². The van der Waals surface area contributed by atoms with Gasteiger partial charge in [0, 0.05) is 43.6 Å². The van der Waals surface area contributed by atoms with Crippen LogP contribution >= 0.6 is 11.6 Å². The highest BCUT2D eigenvalue weighted by atomic mass is 35.5. The van der Waals surface area contributed by atoms with E-state index in [1.807, 2.05) is 0 Å². The van der Waals surface area contributed by atoms with Crippen LogP contribution in [0.15, 0.2) is 89.8 Å². The maximum Gasteiger partial charge on any atom is 0.407 e. The van der Waals surface area contributed by atoms with Crippen LogP contribution in [-0.2, 0) is 32.4 Å². The number of nitrogens with one attached hydrogen (secondary N) is 2. The normalized spacial score (nSPS) is 17.8.